The van der Waals surface area contributed by atoms with Gasteiger partial charge in [0.2, 0.25) is 5.91 Å². The maximum absolute atomic E-state index is 12.7. The summed E-state index contributed by atoms with van der Waals surface area (Å²) in [6, 6.07) is 9.84. The summed E-state index contributed by atoms with van der Waals surface area (Å²) in [5.41, 5.74) is 2.33. The van der Waals surface area contributed by atoms with Crippen molar-refractivity contribution >= 4 is 34.1 Å². The molecule has 8 heteroatoms. The highest BCUT2D eigenvalue weighted by molar-refractivity contribution is 6.30. The van der Waals surface area contributed by atoms with E-state index in [1.165, 1.54) is 11.0 Å². The zero-order chi connectivity index (χ0) is 18.3. The number of amides is 1. The minimum absolute atomic E-state index is 0.297. The number of furan rings is 1. The first-order valence-corrected chi connectivity index (χ1v) is 8.40. The molecule has 0 fully saturated rings. The highest BCUT2D eigenvalue weighted by Gasteiger charge is 2.19. The number of carbonyl (C=O) groups excluding carboxylic acids is 1. The molecule has 26 heavy (non-hydrogen) atoms. The van der Waals surface area contributed by atoms with Crippen LogP contribution < -0.4 is 10.9 Å². The number of aromatic nitrogens is 3. The van der Waals surface area contributed by atoms with Crippen molar-refractivity contribution in [2.24, 2.45) is 0 Å². The Kier molecular flexibility index (Phi) is 4.00. The molecule has 1 unspecified atom stereocenters. The van der Waals surface area contributed by atoms with E-state index in [1.807, 2.05) is 12.1 Å². The standard InChI is InChI=1S/C18H15ClN4O3/c1-11(17(24)20-9-12-2-4-13(19)5-3-12)23-18(25)15-8-16-14(6-7-26-16)22(15)10-21-23/h2-8,10-11H,9H2,1H3,(H,20,24). The lowest BCUT2D eigenvalue weighted by atomic mass is 10.2. The molecule has 1 aromatic carbocycles. The predicted molar refractivity (Wildman–Crippen MR) is 97.2 cm³/mol. The van der Waals surface area contributed by atoms with E-state index in [4.69, 9.17) is 16.0 Å². The van der Waals surface area contributed by atoms with Crippen molar-refractivity contribution in [3.05, 3.63) is 69.9 Å². The van der Waals surface area contributed by atoms with Crippen molar-refractivity contribution in [1.29, 1.82) is 0 Å². The van der Waals surface area contributed by atoms with Gasteiger partial charge in [-0.05, 0) is 24.6 Å². The number of benzene rings is 1. The van der Waals surface area contributed by atoms with E-state index in [9.17, 15) is 9.59 Å². The van der Waals surface area contributed by atoms with Gasteiger partial charge in [0.05, 0.1) is 11.8 Å². The van der Waals surface area contributed by atoms with Gasteiger partial charge in [0.25, 0.3) is 5.56 Å². The first-order valence-electron chi connectivity index (χ1n) is 8.03. The van der Waals surface area contributed by atoms with Gasteiger partial charge >= 0.3 is 0 Å². The van der Waals surface area contributed by atoms with Gasteiger partial charge in [-0.25, -0.2) is 4.68 Å². The first-order chi connectivity index (χ1) is 12.5. The van der Waals surface area contributed by atoms with E-state index in [2.05, 4.69) is 10.4 Å². The maximum atomic E-state index is 12.7. The normalized spacial score (nSPS) is 12.5. The van der Waals surface area contributed by atoms with Crippen molar-refractivity contribution in [2.75, 3.05) is 0 Å². The Labute approximate surface area is 152 Å². The van der Waals surface area contributed by atoms with E-state index in [0.29, 0.717) is 22.7 Å². The minimum Gasteiger partial charge on any atom is -0.463 e. The van der Waals surface area contributed by atoms with Crippen LogP contribution in [0.2, 0.25) is 5.02 Å². The molecule has 3 heterocycles. The van der Waals surface area contributed by atoms with Crippen LogP contribution in [-0.2, 0) is 11.3 Å². The third-order valence-electron chi connectivity index (χ3n) is 4.31. The topological polar surface area (TPSA) is 81.5 Å². The Balaban J connectivity index is 1.57. The fourth-order valence-corrected chi connectivity index (χ4v) is 2.96. The summed E-state index contributed by atoms with van der Waals surface area (Å²) in [5.74, 6) is -0.297. The molecule has 0 aliphatic carbocycles. The zero-order valence-corrected chi connectivity index (χ0v) is 14.6. The first kappa shape index (κ1) is 16.4. The molecule has 0 bridgehead atoms. The summed E-state index contributed by atoms with van der Waals surface area (Å²) in [6.07, 6.45) is 3.06. The van der Waals surface area contributed by atoms with Gasteiger partial charge < -0.3 is 9.73 Å². The lowest BCUT2D eigenvalue weighted by molar-refractivity contribution is -0.124. The Morgan fingerprint density at radius 3 is 2.81 bits per heavy atom. The number of nitrogens with zero attached hydrogens (tertiary/aromatic N) is 3. The predicted octanol–water partition coefficient (Wildman–Crippen LogP) is 2.77. The summed E-state index contributed by atoms with van der Waals surface area (Å²) in [4.78, 5) is 25.1. The Bertz CT molecular complexity index is 1160. The molecule has 4 rings (SSSR count). The van der Waals surface area contributed by atoms with Crippen LogP contribution in [0.25, 0.3) is 16.6 Å². The van der Waals surface area contributed by atoms with E-state index >= 15 is 0 Å². The van der Waals surface area contributed by atoms with Crippen molar-refractivity contribution < 1.29 is 9.21 Å². The monoisotopic (exact) mass is 370 g/mol. The molecule has 132 valence electrons. The van der Waals surface area contributed by atoms with Crippen LogP contribution in [-0.4, -0.2) is 20.1 Å². The molecule has 1 N–H and O–H groups in total. The fourth-order valence-electron chi connectivity index (χ4n) is 2.84. The van der Waals surface area contributed by atoms with Gasteiger partial charge in [-0.1, -0.05) is 23.7 Å². The van der Waals surface area contributed by atoms with E-state index in [1.54, 1.807) is 41.9 Å². The molecular formula is C18H15ClN4O3. The van der Waals surface area contributed by atoms with Crippen LogP contribution in [0.4, 0.5) is 0 Å². The second-order valence-electron chi connectivity index (χ2n) is 5.97. The highest BCUT2D eigenvalue weighted by atomic mass is 35.5. The van der Waals surface area contributed by atoms with Crippen LogP contribution in [0.3, 0.4) is 0 Å². The molecule has 0 saturated heterocycles. The Morgan fingerprint density at radius 2 is 2.04 bits per heavy atom. The highest BCUT2D eigenvalue weighted by Crippen LogP contribution is 2.18. The molecule has 0 saturated carbocycles. The van der Waals surface area contributed by atoms with Crippen LogP contribution in [0.5, 0.6) is 0 Å². The van der Waals surface area contributed by atoms with Crippen LogP contribution in [0.1, 0.15) is 18.5 Å². The molecule has 7 nitrogen and oxygen atoms in total. The SMILES string of the molecule is CC(C(=O)NCc1ccc(Cl)cc1)n1ncn2c(cc3occc32)c1=O. The number of carbonyl (C=O) groups is 1. The number of rotatable bonds is 4. The molecule has 3 aromatic heterocycles. The minimum atomic E-state index is -0.749. The van der Waals surface area contributed by atoms with E-state index in [-0.39, 0.29) is 11.5 Å². The molecule has 1 amide bonds. The van der Waals surface area contributed by atoms with Gasteiger partial charge in [-0.2, -0.15) is 5.10 Å². The lowest BCUT2D eigenvalue weighted by Crippen LogP contribution is -2.37. The molecule has 0 radical (unpaired) electrons. The number of fused-ring (bicyclic) bond motifs is 3. The third-order valence-corrected chi connectivity index (χ3v) is 4.56. The summed E-state index contributed by atoms with van der Waals surface area (Å²) in [7, 11) is 0. The Hall–Kier alpha value is -3.06. The van der Waals surface area contributed by atoms with E-state index < -0.39 is 6.04 Å². The van der Waals surface area contributed by atoms with E-state index in [0.717, 1.165) is 11.1 Å². The number of hydrogen-bond donors (Lipinski definition) is 1. The summed E-state index contributed by atoms with van der Waals surface area (Å²) < 4.78 is 8.14. The molecule has 0 aliphatic rings. The zero-order valence-electron chi connectivity index (χ0n) is 13.8. The van der Waals surface area contributed by atoms with Crippen LogP contribution >= 0.6 is 11.6 Å². The van der Waals surface area contributed by atoms with Crippen molar-refractivity contribution in [2.45, 2.75) is 19.5 Å². The number of hydrogen-bond acceptors (Lipinski definition) is 4. The third kappa shape index (κ3) is 2.76. The second kappa shape index (κ2) is 6.34. The average Bonchev–Trinajstić information content (AvgIpc) is 3.23. The van der Waals surface area contributed by atoms with Crippen LogP contribution in [0, 0.1) is 0 Å². The largest absolute Gasteiger partial charge is 0.463 e. The molecule has 0 aliphatic heterocycles. The Morgan fingerprint density at radius 1 is 1.27 bits per heavy atom. The summed E-state index contributed by atoms with van der Waals surface area (Å²) >= 11 is 5.85. The van der Waals surface area contributed by atoms with Gasteiger partial charge in [0.15, 0.2) is 5.58 Å². The fraction of sp³-hybridized carbons (Fsp3) is 0.167. The average molecular weight is 371 g/mol. The molecular weight excluding hydrogens is 356 g/mol. The summed E-state index contributed by atoms with van der Waals surface area (Å²) in [6.45, 7) is 1.98. The molecule has 0 spiro atoms. The molecule has 1 atom stereocenters. The van der Waals surface area contributed by atoms with Crippen molar-refractivity contribution in [1.82, 2.24) is 19.5 Å². The quantitative estimate of drug-likeness (QED) is 0.599. The molecule has 4 aromatic rings. The van der Waals surface area contributed by atoms with Crippen molar-refractivity contribution in [3.63, 3.8) is 0 Å². The smallest absolute Gasteiger partial charge is 0.291 e. The lowest BCUT2D eigenvalue weighted by Gasteiger charge is -2.14. The van der Waals surface area contributed by atoms with Gasteiger partial charge in [-0.15, -0.1) is 0 Å². The van der Waals surface area contributed by atoms with Crippen LogP contribution in [0.15, 0.2) is 58.2 Å². The number of halogens is 1. The van der Waals surface area contributed by atoms with Gasteiger partial charge in [0.1, 0.15) is 17.9 Å². The maximum Gasteiger partial charge on any atom is 0.291 e. The summed E-state index contributed by atoms with van der Waals surface area (Å²) in [5, 5.41) is 7.58. The number of nitrogens with one attached hydrogen (secondary N) is 1. The van der Waals surface area contributed by atoms with Crippen molar-refractivity contribution in [3.8, 4) is 0 Å². The van der Waals surface area contributed by atoms with Gasteiger partial charge in [0, 0.05) is 23.7 Å². The second-order valence-corrected chi connectivity index (χ2v) is 6.41. The van der Waals surface area contributed by atoms with Gasteiger partial charge in [-0.3, -0.25) is 14.0 Å².